The van der Waals surface area contributed by atoms with E-state index >= 15 is 0 Å². The SMILES string of the molecule is COCC1CCN(C(=O)CC2CSCCN2)C1.Cl. The van der Waals surface area contributed by atoms with Crippen LogP contribution in [0.2, 0.25) is 0 Å². The second kappa shape index (κ2) is 8.25. The Bertz CT molecular complexity index is 262. The summed E-state index contributed by atoms with van der Waals surface area (Å²) in [5, 5.41) is 3.42. The molecule has 2 fully saturated rings. The van der Waals surface area contributed by atoms with E-state index in [2.05, 4.69) is 5.32 Å². The first-order chi connectivity index (χ1) is 8.29. The summed E-state index contributed by atoms with van der Waals surface area (Å²) in [6.45, 7) is 3.61. The molecule has 0 spiro atoms. The average Bonchev–Trinajstić information content (AvgIpc) is 2.79. The lowest BCUT2D eigenvalue weighted by molar-refractivity contribution is -0.130. The van der Waals surface area contributed by atoms with Gasteiger partial charge in [-0.1, -0.05) is 0 Å². The number of hydrogen-bond donors (Lipinski definition) is 1. The Hall–Kier alpha value is 0.0300. The smallest absolute Gasteiger partial charge is 0.224 e. The fourth-order valence-electron chi connectivity index (χ4n) is 2.52. The van der Waals surface area contributed by atoms with Crippen LogP contribution < -0.4 is 5.32 Å². The van der Waals surface area contributed by atoms with Crippen molar-refractivity contribution in [3.05, 3.63) is 0 Å². The minimum absolute atomic E-state index is 0. The molecule has 2 saturated heterocycles. The first-order valence-electron chi connectivity index (χ1n) is 6.37. The molecule has 2 heterocycles. The molecule has 0 bridgehead atoms. The van der Waals surface area contributed by atoms with E-state index in [-0.39, 0.29) is 12.4 Å². The van der Waals surface area contributed by atoms with E-state index in [1.165, 1.54) is 5.75 Å². The molecule has 2 unspecified atom stereocenters. The maximum Gasteiger partial charge on any atom is 0.224 e. The van der Waals surface area contributed by atoms with E-state index in [1.807, 2.05) is 16.7 Å². The zero-order valence-electron chi connectivity index (χ0n) is 10.9. The van der Waals surface area contributed by atoms with Crippen molar-refractivity contribution in [1.29, 1.82) is 0 Å². The van der Waals surface area contributed by atoms with Gasteiger partial charge in [-0.3, -0.25) is 4.79 Å². The minimum atomic E-state index is 0. The van der Waals surface area contributed by atoms with Gasteiger partial charge in [-0.25, -0.2) is 0 Å². The lowest BCUT2D eigenvalue weighted by Crippen LogP contribution is -2.42. The van der Waals surface area contributed by atoms with Crippen molar-refractivity contribution < 1.29 is 9.53 Å². The molecule has 18 heavy (non-hydrogen) atoms. The lowest BCUT2D eigenvalue weighted by Gasteiger charge is -2.25. The number of nitrogens with zero attached hydrogens (tertiary/aromatic N) is 1. The van der Waals surface area contributed by atoms with Crippen LogP contribution in [0.5, 0.6) is 0 Å². The highest BCUT2D eigenvalue weighted by atomic mass is 35.5. The van der Waals surface area contributed by atoms with E-state index < -0.39 is 0 Å². The van der Waals surface area contributed by atoms with Crippen molar-refractivity contribution in [2.45, 2.75) is 18.9 Å². The van der Waals surface area contributed by atoms with Crippen molar-refractivity contribution in [3.63, 3.8) is 0 Å². The second-order valence-corrected chi connectivity index (χ2v) is 6.03. The van der Waals surface area contributed by atoms with Crippen LogP contribution in [-0.4, -0.2) is 61.7 Å². The topological polar surface area (TPSA) is 41.6 Å². The summed E-state index contributed by atoms with van der Waals surface area (Å²) in [6, 6.07) is 0.378. The van der Waals surface area contributed by atoms with Crippen molar-refractivity contribution in [2.75, 3.05) is 44.9 Å². The molecule has 0 aromatic heterocycles. The van der Waals surface area contributed by atoms with Gasteiger partial charge in [0.05, 0.1) is 6.61 Å². The molecule has 1 amide bonds. The normalized spacial score (nSPS) is 27.9. The largest absolute Gasteiger partial charge is 0.384 e. The van der Waals surface area contributed by atoms with Crippen LogP contribution >= 0.6 is 24.2 Å². The summed E-state index contributed by atoms with van der Waals surface area (Å²) in [5.41, 5.74) is 0. The van der Waals surface area contributed by atoms with Crippen LogP contribution in [0.15, 0.2) is 0 Å². The number of nitrogens with one attached hydrogen (secondary N) is 1. The third-order valence-electron chi connectivity index (χ3n) is 3.46. The number of hydrogen-bond acceptors (Lipinski definition) is 4. The molecule has 106 valence electrons. The Morgan fingerprint density at radius 3 is 3.06 bits per heavy atom. The zero-order valence-corrected chi connectivity index (χ0v) is 12.5. The van der Waals surface area contributed by atoms with Gasteiger partial charge in [0.2, 0.25) is 5.91 Å². The van der Waals surface area contributed by atoms with Gasteiger partial charge in [0.25, 0.3) is 0 Å². The highest BCUT2D eigenvalue weighted by Gasteiger charge is 2.27. The third-order valence-corrected chi connectivity index (χ3v) is 4.59. The molecule has 0 aromatic carbocycles. The van der Waals surface area contributed by atoms with Crippen LogP contribution in [0.1, 0.15) is 12.8 Å². The number of thioether (sulfide) groups is 1. The maximum atomic E-state index is 12.1. The molecular weight excluding hydrogens is 272 g/mol. The Kier molecular flexibility index (Phi) is 7.37. The van der Waals surface area contributed by atoms with Gasteiger partial charge in [-0.2, -0.15) is 11.8 Å². The van der Waals surface area contributed by atoms with E-state index in [0.717, 1.165) is 38.4 Å². The Morgan fingerprint density at radius 1 is 1.56 bits per heavy atom. The molecule has 2 aliphatic heterocycles. The molecule has 1 N–H and O–H groups in total. The Balaban J connectivity index is 0.00000162. The van der Waals surface area contributed by atoms with E-state index in [9.17, 15) is 4.79 Å². The van der Waals surface area contributed by atoms with Gasteiger partial charge < -0.3 is 15.0 Å². The summed E-state index contributed by atoms with van der Waals surface area (Å²) < 4.78 is 5.15. The molecule has 2 rings (SSSR count). The number of halogens is 1. The van der Waals surface area contributed by atoms with Crippen LogP contribution in [-0.2, 0) is 9.53 Å². The molecule has 2 aliphatic rings. The maximum absolute atomic E-state index is 12.1. The number of likely N-dealkylation sites (tertiary alicyclic amines) is 1. The van der Waals surface area contributed by atoms with E-state index in [1.54, 1.807) is 7.11 Å². The third kappa shape index (κ3) is 4.61. The van der Waals surface area contributed by atoms with E-state index in [4.69, 9.17) is 4.74 Å². The molecule has 0 aliphatic carbocycles. The minimum Gasteiger partial charge on any atom is -0.384 e. The summed E-state index contributed by atoms with van der Waals surface area (Å²) in [6.07, 6.45) is 1.75. The number of amides is 1. The monoisotopic (exact) mass is 294 g/mol. The lowest BCUT2D eigenvalue weighted by atomic mass is 10.1. The quantitative estimate of drug-likeness (QED) is 0.840. The zero-order chi connectivity index (χ0) is 12.1. The van der Waals surface area contributed by atoms with Gasteiger partial charge in [-0.15, -0.1) is 12.4 Å². The number of methoxy groups -OCH3 is 1. The fraction of sp³-hybridized carbons (Fsp3) is 0.917. The van der Waals surface area contributed by atoms with Crippen molar-refractivity contribution in [2.24, 2.45) is 5.92 Å². The second-order valence-electron chi connectivity index (χ2n) is 4.88. The summed E-state index contributed by atoms with van der Waals surface area (Å²) in [4.78, 5) is 14.1. The van der Waals surface area contributed by atoms with Gasteiger partial charge in [-0.05, 0) is 6.42 Å². The summed E-state index contributed by atoms with van der Waals surface area (Å²) >= 11 is 1.94. The van der Waals surface area contributed by atoms with Gasteiger partial charge >= 0.3 is 0 Å². The van der Waals surface area contributed by atoms with Crippen LogP contribution in [0.4, 0.5) is 0 Å². The predicted molar refractivity (Wildman–Crippen MR) is 77.5 cm³/mol. The number of rotatable bonds is 4. The standard InChI is InChI=1S/C12H22N2O2S.ClH/c1-16-8-10-2-4-14(7-10)12(15)6-11-9-17-5-3-13-11;/h10-11,13H,2-9H2,1H3;1H. The van der Waals surface area contributed by atoms with Crippen LogP contribution in [0.3, 0.4) is 0 Å². The first-order valence-corrected chi connectivity index (χ1v) is 7.53. The molecule has 6 heteroatoms. The summed E-state index contributed by atoms with van der Waals surface area (Å²) in [7, 11) is 1.73. The van der Waals surface area contributed by atoms with Crippen molar-refractivity contribution in [3.8, 4) is 0 Å². The van der Waals surface area contributed by atoms with Crippen molar-refractivity contribution in [1.82, 2.24) is 10.2 Å². The van der Waals surface area contributed by atoms with Gasteiger partial charge in [0, 0.05) is 56.6 Å². The molecule has 4 nitrogen and oxygen atoms in total. The molecular formula is C12H23ClN2O2S. The molecule has 0 radical (unpaired) electrons. The molecule has 0 aromatic rings. The van der Waals surface area contributed by atoms with Gasteiger partial charge in [0.1, 0.15) is 0 Å². The van der Waals surface area contributed by atoms with E-state index in [0.29, 0.717) is 24.3 Å². The number of carbonyl (C=O) groups is 1. The fourth-order valence-corrected chi connectivity index (χ4v) is 3.47. The average molecular weight is 295 g/mol. The van der Waals surface area contributed by atoms with Crippen molar-refractivity contribution >= 4 is 30.1 Å². The predicted octanol–water partition coefficient (Wildman–Crippen LogP) is 0.998. The van der Waals surface area contributed by atoms with Crippen LogP contribution in [0.25, 0.3) is 0 Å². The highest BCUT2D eigenvalue weighted by molar-refractivity contribution is 7.99. The summed E-state index contributed by atoms with van der Waals surface area (Å²) in [5.74, 6) is 3.09. The molecule has 0 saturated carbocycles. The molecule has 2 atom stereocenters. The Morgan fingerprint density at radius 2 is 2.39 bits per heavy atom. The van der Waals surface area contributed by atoms with Crippen LogP contribution in [0, 0.1) is 5.92 Å². The Labute approximate surface area is 120 Å². The number of carbonyl (C=O) groups excluding carboxylic acids is 1. The number of ether oxygens (including phenoxy) is 1. The first kappa shape index (κ1) is 16.1. The highest BCUT2D eigenvalue weighted by Crippen LogP contribution is 2.19. The van der Waals surface area contributed by atoms with Gasteiger partial charge in [0.15, 0.2) is 0 Å².